The molecule has 1 aromatic heterocycles. The van der Waals surface area contributed by atoms with Gasteiger partial charge in [-0.15, -0.1) is 0 Å². The van der Waals surface area contributed by atoms with E-state index in [1.54, 1.807) is 30.3 Å². The number of carbonyl (C=O) groups is 1. The van der Waals surface area contributed by atoms with Gasteiger partial charge in [-0.3, -0.25) is 0 Å². The molecule has 5 nitrogen and oxygen atoms in total. The first-order valence-electron chi connectivity index (χ1n) is 8.41. The van der Waals surface area contributed by atoms with Crippen LogP contribution in [0.25, 0.3) is 12.2 Å². The number of hydrogen-bond acceptors (Lipinski definition) is 3. The maximum absolute atomic E-state index is 11.1. The largest absolute Gasteiger partial charge is 0.504 e. The zero-order valence-corrected chi connectivity index (χ0v) is 14.9. The van der Waals surface area contributed by atoms with Crippen LogP contribution in [0.15, 0.2) is 67.0 Å². The molecule has 0 fully saturated rings. The Morgan fingerprint density at radius 2 is 1.78 bits per heavy atom. The van der Waals surface area contributed by atoms with E-state index in [1.807, 2.05) is 53.4 Å². The second-order valence-corrected chi connectivity index (χ2v) is 6.07. The average molecular weight is 362 g/mol. The lowest BCUT2D eigenvalue weighted by atomic mass is 10.1. The third-order valence-electron chi connectivity index (χ3n) is 4.13. The lowest BCUT2D eigenvalue weighted by Gasteiger charge is -2.03. The van der Waals surface area contributed by atoms with Crippen LogP contribution in [0, 0.1) is 0 Å². The summed E-state index contributed by atoms with van der Waals surface area (Å²) in [5.74, 6) is -0.373. The quantitative estimate of drug-likeness (QED) is 0.657. The molecule has 0 atom stereocenters. The number of carboxylic acids is 1. The smallest absolute Gasteiger partial charge is 0.335 e. The van der Waals surface area contributed by atoms with Crippen molar-refractivity contribution < 1.29 is 24.3 Å². The number of ether oxygens (including phenoxy) is 1. The van der Waals surface area contributed by atoms with E-state index < -0.39 is 5.97 Å². The van der Waals surface area contributed by atoms with Crippen LogP contribution in [0.2, 0.25) is 0 Å². The van der Waals surface area contributed by atoms with Crippen molar-refractivity contribution in [2.75, 3.05) is 7.11 Å². The predicted molar refractivity (Wildman–Crippen MR) is 103 cm³/mol. The molecule has 0 aliphatic rings. The van der Waals surface area contributed by atoms with Crippen molar-refractivity contribution >= 4 is 18.1 Å². The third-order valence-corrected chi connectivity index (χ3v) is 4.13. The van der Waals surface area contributed by atoms with Gasteiger partial charge in [0.1, 0.15) is 0 Å². The summed E-state index contributed by atoms with van der Waals surface area (Å²) in [6, 6.07) is 16.1. The van der Waals surface area contributed by atoms with Crippen LogP contribution < -0.4 is 9.30 Å². The molecular weight excluding hydrogens is 342 g/mol. The number of benzene rings is 2. The Balaban J connectivity index is 1.70. The first kappa shape index (κ1) is 18.2. The molecule has 0 unspecified atom stereocenters. The Hall–Kier alpha value is -3.60. The molecule has 27 heavy (non-hydrogen) atoms. The summed E-state index contributed by atoms with van der Waals surface area (Å²) in [5, 5.41) is 18.7. The highest BCUT2D eigenvalue weighted by molar-refractivity contribution is 5.87. The maximum atomic E-state index is 11.1. The third kappa shape index (κ3) is 4.73. The normalized spacial score (nSPS) is 10.9. The van der Waals surface area contributed by atoms with Gasteiger partial charge in [-0.2, -0.15) is 0 Å². The summed E-state index contributed by atoms with van der Waals surface area (Å²) in [6.07, 6.45) is 7.81. The van der Waals surface area contributed by atoms with Crippen molar-refractivity contribution in [1.82, 2.24) is 0 Å². The van der Waals surface area contributed by atoms with Gasteiger partial charge in [0.25, 0.3) is 0 Å². The number of aromatic nitrogens is 1. The highest BCUT2D eigenvalue weighted by atomic mass is 16.5. The minimum Gasteiger partial charge on any atom is -0.504 e. The highest BCUT2D eigenvalue weighted by Gasteiger charge is 2.07. The van der Waals surface area contributed by atoms with Gasteiger partial charge in [-0.05, 0) is 35.4 Å². The molecule has 3 rings (SSSR count). The van der Waals surface area contributed by atoms with Crippen molar-refractivity contribution in [3.63, 3.8) is 0 Å². The van der Waals surface area contributed by atoms with Gasteiger partial charge in [0.2, 0.25) is 0 Å². The standard InChI is InChI=1S/C22H19NO4/c1-27-21-14-17(7-8-20(21)24)6-5-16-9-11-23(12-10-16)15-18-3-2-4-19(13-18)22(25)26/h2-14H,15H2,1H3,(H,25,26)/p+1. The van der Waals surface area contributed by atoms with Crippen LogP contribution in [0.5, 0.6) is 11.5 Å². The topological polar surface area (TPSA) is 70.6 Å². The van der Waals surface area contributed by atoms with Crippen molar-refractivity contribution in [2.45, 2.75) is 6.54 Å². The number of aromatic carboxylic acids is 1. The second kappa shape index (κ2) is 8.19. The Kier molecular flexibility index (Phi) is 5.52. The zero-order valence-electron chi connectivity index (χ0n) is 14.9. The van der Waals surface area contributed by atoms with Gasteiger partial charge >= 0.3 is 5.97 Å². The van der Waals surface area contributed by atoms with Crippen molar-refractivity contribution in [3.8, 4) is 11.5 Å². The van der Waals surface area contributed by atoms with Gasteiger partial charge in [-0.1, -0.05) is 30.4 Å². The lowest BCUT2D eigenvalue weighted by Crippen LogP contribution is -2.33. The molecule has 0 aliphatic heterocycles. The molecule has 0 saturated carbocycles. The van der Waals surface area contributed by atoms with Crippen LogP contribution in [0.1, 0.15) is 27.0 Å². The summed E-state index contributed by atoms with van der Waals surface area (Å²) in [7, 11) is 1.52. The van der Waals surface area contributed by atoms with E-state index in [4.69, 9.17) is 9.84 Å². The number of methoxy groups -OCH3 is 1. The molecule has 0 amide bonds. The van der Waals surface area contributed by atoms with Gasteiger partial charge in [0.05, 0.1) is 12.7 Å². The molecular formula is C22H20NO4+. The number of pyridine rings is 1. The number of nitrogens with zero attached hydrogens (tertiary/aromatic N) is 1. The van der Waals surface area contributed by atoms with E-state index in [0.29, 0.717) is 12.3 Å². The molecule has 0 aliphatic carbocycles. The summed E-state index contributed by atoms with van der Waals surface area (Å²) in [4.78, 5) is 11.1. The first-order chi connectivity index (χ1) is 13.0. The number of carboxylic acid groups (broad SMARTS) is 1. The highest BCUT2D eigenvalue weighted by Crippen LogP contribution is 2.27. The number of phenolic OH excluding ortho intramolecular Hbond substituents is 1. The number of hydrogen-bond donors (Lipinski definition) is 2. The van der Waals surface area contributed by atoms with E-state index >= 15 is 0 Å². The molecule has 2 N–H and O–H groups in total. The number of rotatable bonds is 6. The Morgan fingerprint density at radius 3 is 2.48 bits per heavy atom. The molecule has 0 saturated heterocycles. The molecule has 0 spiro atoms. The molecule has 2 aromatic carbocycles. The Labute approximate surface area is 157 Å². The van der Waals surface area contributed by atoms with Gasteiger partial charge in [0, 0.05) is 17.7 Å². The summed E-state index contributed by atoms with van der Waals surface area (Å²) in [6.45, 7) is 0.597. The fourth-order valence-corrected chi connectivity index (χ4v) is 2.69. The molecule has 0 bridgehead atoms. The molecule has 1 heterocycles. The molecule has 136 valence electrons. The fourth-order valence-electron chi connectivity index (χ4n) is 2.69. The fraction of sp³-hybridized carbons (Fsp3) is 0.0909. The van der Waals surface area contributed by atoms with E-state index in [-0.39, 0.29) is 11.3 Å². The molecule has 5 heteroatoms. The maximum Gasteiger partial charge on any atom is 0.335 e. The average Bonchev–Trinajstić information content (AvgIpc) is 2.68. The van der Waals surface area contributed by atoms with E-state index in [0.717, 1.165) is 16.7 Å². The van der Waals surface area contributed by atoms with Crippen LogP contribution in [0.4, 0.5) is 0 Å². The molecule has 3 aromatic rings. The van der Waals surface area contributed by atoms with Crippen molar-refractivity contribution in [3.05, 3.63) is 89.2 Å². The SMILES string of the molecule is COc1cc(/C=C\c2cc[n+](Cc3cccc(C(=O)O)c3)cc2)ccc1O. The minimum absolute atomic E-state index is 0.113. The van der Waals surface area contributed by atoms with E-state index in [9.17, 15) is 9.90 Å². The minimum atomic E-state index is -0.923. The first-order valence-corrected chi connectivity index (χ1v) is 8.41. The van der Waals surface area contributed by atoms with E-state index in [1.165, 1.54) is 7.11 Å². The Morgan fingerprint density at radius 1 is 1.04 bits per heavy atom. The lowest BCUT2D eigenvalue weighted by molar-refractivity contribution is -0.688. The number of aromatic hydroxyl groups is 1. The monoisotopic (exact) mass is 362 g/mol. The van der Waals surface area contributed by atoms with Gasteiger partial charge < -0.3 is 14.9 Å². The summed E-state index contributed by atoms with van der Waals surface area (Å²) < 4.78 is 7.10. The summed E-state index contributed by atoms with van der Waals surface area (Å²) >= 11 is 0. The summed E-state index contributed by atoms with van der Waals surface area (Å²) in [5.41, 5.74) is 3.17. The van der Waals surface area contributed by atoms with Crippen molar-refractivity contribution in [1.29, 1.82) is 0 Å². The van der Waals surface area contributed by atoms with Crippen LogP contribution in [0.3, 0.4) is 0 Å². The van der Waals surface area contributed by atoms with E-state index in [2.05, 4.69) is 0 Å². The Bertz CT molecular complexity index is 978. The van der Waals surface area contributed by atoms with Crippen LogP contribution in [-0.4, -0.2) is 23.3 Å². The van der Waals surface area contributed by atoms with Gasteiger partial charge in [-0.25, -0.2) is 9.36 Å². The predicted octanol–water partition coefficient (Wildman–Crippen LogP) is 3.61. The van der Waals surface area contributed by atoms with Crippen molar-refractivity contribution in [2.24, 2.45) is 0 Å². The van der Waals surface area contributed by atoms with Crippen LogP contribution >= 0.6 is 0 Å². The van der Waals surface area contributed by atoms with Crippen LogP contribution in [-0.2, 0) is 6.54 Å². The molecule has 0 radical (unpaired) electrons. The second-order valence-electron chi connectivity index (χ2n) is 6.07. The number of phenols is 1. The van der Waals surface area contributed by atoms with Gasteiger partial charge in [0.15, 0.2) is 30.4 Å². The zero-order chi connectivity index (χ0) is 19.2.